The molecule has 0 aromatic heterocycles. The van der Waals surface area contributed by atoms with Crippen LogP contribution in [0.2, 0.25) is 18.1 Å². The molecule has 0 saturated heterocycles. The molecule has 4 nitrogen and oxygen atoms in total. The van der Waals surface area contributed by atoms with Crippen molar-refractivity contribution in [2.75, 3.05) is 18.6 Å². The molecule has 0 unspecified atom stereocenters. The second-order valence-electron chi connectivity index (χ2n) is 9.22. The minimum Gasteiger partial charge on any atom is -0.413 e. The van der Waals surface area contributed by atoms with Gasteiger partial charge in [0.2, 0.25) is 5.91 Å². The fourth-order valence-corrected chi connectivity index (χ4v) is 4.66. The van der Waals surface area contributed by atoms with Gasteiger partial charge in [-0.25, -0.2) is 0 Å². The van der Waals surface area contributed by atoms with Gasteiger partial charge in [-0.1, -0.05) is 60.3 Å². The largest absolute Gasteiger partial charge is 0.413 e. The molecule has 0 bridgehead atoms. The van der Waals surface area contributed by atoms with E-state index in [1.165, 1.54) is 19.3 Å². The Balaban J connectivity index is 5.07. The topological polar surface area (TPSA) is 58.6 Å². The summed E-state index contributed by atoms with van der Waals surface area (Å²) in [7, 11) is -1.95. The van der Waals surface area contributed by atoms with Crippen molar-refractivity contribution in [2.45, 2.75) is 103 Å². The third kappa shape index (κ3) is 10.3. The van der Waals surface area contributed by atoms with E-state index >= 15 is 0 Å². The smallest absolute Gasteiger partial charge is 0.225 e. The molecule has 0 heterocycles. The average Bonchev–Trinajstić information content (AvgIpc) is 2.59. The summed E-state index contributed by atoms with van der Waals surface area (Å²) in [6.07, 6.45) is 8.43. The monoisotopic (exact) mass is 419 g/mol. The zero-order chi connectivity index (χ0) is 21.1. The Hall–Kier alpha value is -0.0431. The zero-order valence-corrected chi connectivity index (χ0v) is 20.9. The lowest BCUT2D eigenvalue weighted by atomic mass is 9.97. The first kappa shape index (κ1) is 27.0. The Labute approximate surface area is 173 Å². The van der Waals surface area contributed by atoms with Crippen LogP contribution in [0.3, 0.4) is 0 Å². The first-order chi connectivity index (χ1) is 12.5. The summed E-state index contributed by atoms with van der Waals surface area (Å²) >= 11 is 1.73. The van der Waals surface area contributed by atoms with Gasteiger partial charge >= 0.3 is 0 Å². The van der Waals surface area contributed by atoms with Crippen molar-refractivity contribution < 1.29 is 14.3 Å². The number of hydrogen-bond acceptors (Lipinski definition) is 4. The van der Waals surface area contributed by atoms with Crippen molar-refractivity contribution in [3.63, 3.8) is 0 Å². The van der Waals surface area contributed by atoms with Crippen LogP contribution in [-0.4, -0.2) is 50.1 Å². The maximum Gasteiger partial charge on any atom is 0.225 e. The number of rotatable bonds is 14. The molecule has 0 spiro atoms. The Morgan fingerprint density at radius 1 is 1.19 bits per heavy atom. The second-order valence-corrected chi connectivity index (χ2v) is 15.0. The summed E-state index contributed by atoms with van der Waals surface area (Å²) < 4.78 is 6.67. The quantitative estimate of drug-likeness (QED) is 0.299. The zero-order valence-electron chi connectivity index (χ0n) is 19.1. The minimum atomic E-state index is -1.95. The Morgan fingerprint density at radius 2 is 1.81 bits per heavy atom. The fraction of sp³-hybridized carbons (Fsp3) is 0.952. The molecule has 6 heteroatoms. The third-order valence-electron chi connectivity index (χ3n) is 5.80. The van der Waals surface area contributed by atoms with Crippen LogP contribution >= 0.6 is 11.8 Å². The summed E-state index contributed by atoms with van der Waals surface area (Å²) in [6.45, 7) is 15.4. The van der Waals surface area contributed by atoms with Gasteiger partial charge in [-0.15, -0.1) is 0 Å². The fourth-order valence-electron chi connectivity index (χ4n) is 2.71. The van der Waals surface area contributed by atoms with Crippen LogP contribution in [0.25, 0.3) is 0 Å². The van der Waals surface area contributed by atoms with Gasteiger partial charge in [-0.3, -0.25) is 4.79 Å². The number of nitrogens with one attached hydrogen (secondary N) is 1. The van der Waals surface area contributed by atoms with E-state index in [1.807, 2.05) is 13.2 Å². The molecule has 0 aliphatic carbocycles. The van der Waals surface area contributed by atoms with Gasteiger partial charge < -0.3 is 14.8 Å². The van der Waals surface area contributed by atoms with Crippen molar-refractivity contribution in [3.8, 4) is 0 Å². The SMILES string of the molecule is CCCCCC[C@@H](O[Si](C)(C)C(C)(C)C)[C@@H](C)C(=O)N[C@H](CO)CCSC. The molecule has 0 fully saturated rings. The number of aliphatic hydroxyl groups excluding tert-OH is 1. The van der Waals surface area contributed by atoms with Gasteiger partial charge in [0.05, 0.1) is 24.7 Å². The predicted octanol–water partition coefficient (Wildman–Crippen LogP) is 5.21. The Bertz CT molecular complexity index is 413. The van der Waals surface area contributed by atoms with E-state index in [1.54, 1.807) is 11.8 Å². The van der Waals surface area contributed by atoms with Crippen LogP contribution in [0, 0.1) is 5.92 Å². The first-order valence-corrected chi connectivity index (χ1v) is 14.9. The summed E-state index contributed by atoms with van der Waals surface area (Å²) in [5.41, 5.74) is 0. The van der Waals surface area contributed by atoms with E-state index < -0.39 is 8.32 Å². The van der Waals surface area contributed by atoms with Gasteiger partial charge in [0.1, 0.15) is 0 Å². The normalized spacial score (nSPS) is 16.0. The van der Waals surface area contributed by atoms with E-state index in [4.69, 9.17) is 4.43 Å². The highest BCUT2D eigenvalue weighted by Crippen LogP contribution is 2.38. The standard InChI is InChI=1S/C21H45NO3SSi/c1-9-10-11-12-13-19(25-27(7,8)21(3,4)5)17(2)20(24)22-18(16-23)14-15-26-6/h17-19,23H,9-16H2,1-8H3,(H,22,24)/t17-,18+,19-/m1/s1. The maximum absolute atomic E-state index is 12.8. The number of carbonyl (C=O) groups excluding carboxylic acids is 1. The van der Waals surface area contributed by atoms with Crippen molar-refractivity contribution in [1.29, 1.82) is 0 Å². The van der Waals surface area contributed by atoms with Gasteiger partial charge in [0.25, 0.3) is 0 Å². The molecule has 0 aliphatic heterocycles. The number of thioether (sulfide) groups is 1. The molecule has 0 saturated carbocycles. The lowest BCUT2D eigenvalue weighted by molar-refractivity contribution is -0.128. The summed E-state index contributed by atoms with van der Waals surface area (Å²) in [5, 5.41) is 12.7. The molecule has 3 atom stereocenters. The van der Waals surface area contributed by atoms with Gasteiger partial charge in [-0.2, -0.15) is 11.8 Å². The van der Waals surface area contributed by atoms with Crippen molar-refractivity contribution in [1.82, 2.24) is 5.32 Å². The lowest BCUT2D eigenvalue weighted by Crippen LogP contribution is -2.49. The number of unbranched alkanes of at least 4 members (excludes halogenated alkanes) is 3. The molecule has 0 radical (unpaired) electrons. The summed E-state index contributed by atoms with van der Waals surface area (Å²) in [4.78, 5) is 12.8. The predicted molar refractivity (Wildman–Crippen MR) is 122 cm³/mol. The van der Waals surface area contributed by atoms with E-state index in [-0.39, 0.29) is 35.6 Å². The average molecular weight is 420 g/mol. The Kier molecular flexibility index (Phi) is 13.2. The number of carbonyl (C=O) groups is 1. The van der Waals surface area contributed by atoms with Crippen molar-refractivity contribution >= 4 is 26.0 Å². The maximum atomic E-state index is 12.8. The van der Waals surface area contributed by atoms with E-state index in [0.29, 0.717) is 0 Å². The van der Waals surface area contributed by atoms with Crippen LogP contribution < -0.4 is 5.32 Å². The highest BCUT2D eigenvalue weighted by molar-refractivity contribution is 7.98. The summed E-state index contributed by atoms with van der Waals surface area (Å²) in [5.74, 6) is 0.735. The van der Waals surface area contributed by atoms with E-state index in [2.05, 4.69) is 46.1 Å². The minimum absolute atomic E-state index is 0.00866. The van der Waals surface area contributed by atoms with Gasteiger partial charge in [-0.05, 0) is 43.0 Å². The number of amides is 1. The molecule has 0 aliphatic rings. The van der Waals surface area contributed by atoms with E-state index in [9.17, 15) is 9.90 Å². The van der Waals surface area contributed by atoms with Crippen LogP contribution in [0.1, 0.15) is 73.1 Å². The van der Waals surface area contributed by atoms with E-state index in [0.717, 1.165) is 25.0 Å². The van der Waals surface area contributed by atoms with Crippen LogP contribution in [-0.2, 0) is 9.22 Å². The van der Waals surface area contributed by atoms with Crippen LogP contribution in [0.15, 0.2) is 0 Å². The Morgan fingerprint density at radius 3 is 2.30 bits per heavy atom. The second kappa shape index (κ2) is 13.2. The van der Waals surface area contributed by atoms with Crippen LogP contribution in [0.4, 0.5) is 0 Å². The molecule has 1 amide bonds. The van der Waals surface area contributed by atoms with Gasteiger partial charge in [0.15, 0.2) is 8.32 Å². The van der Waals surface area contributed by atoms with Crippen molar-refractivity contribution in [2.24, 2.45) is 5.92 Å². The number of hydrogen-bond donors (Lipinski definition) is 2. The van der Waals surface area contributed by atoms with Crippen LogP contribution in [0.5, 0.6) is 0 Å². The highest BCUT2D eigenvalue weighted by atomic mass is 32.2. The molecular formula is C21H45NO3SSi. The molecule has 0 aromatic rings. The van der Waals surface area contributed by atoms with Crippen molar-refractivity contribution in [3.05, 3.63) is 0 Å². The summed E-state index contributed by atoms with van der Waals surface area (Å²) in [6, 6.07) is -0.166. The van der Waals surface area contributed by atoms with Gasteiger partial charge in [0, 0.05) is 0 Å². The molecule has 162 valence electrons. The first-order valence-electron chi connectivity index (χ1n) is 10.6. The molecule has 0 aromatic carbocycles. The molecule has 0 rings (SSSR count). The molecular weight excluding hydrogens is 374 g/mol. The highest BCUT2D eigenvalue weighted by Gasteiger charge is 2.41. The third-order valence-corrected chi connectivity index (χ3v) is 11.0. The lowest BCUT2D eigenvalue weighted by Gasteiger charge is -2.41. The molecule has 2 N–H and O–H groups in total. The molecule has 27 heavy (non-hydrogen) atoms. The number of aliphatic hydroxyl groups is 1.